The summed E-state index contributed by atoms with van der Waals surface area (Å²) < 4.78 is 15.1. The molecule has 1 aromatic carbocycles. The van der Waals surface area contributed by atoms with Crippen molar-refractivity contribution in [3.05, 3.63) is 36.3 Å². The molecule has 0 radical (unpaired) electrons. The molecule has 3 rings (SSSR count). The number of anilines is 1. The number of hydrogen-bond acceptors (Lipinski definition) is 5. The van der Waals surface area contributed by atoms with E-state index in [0.717, 1.165) is 6.20 Å². The minimum absolute atomic E-state index is 0.0723. The Labute approximate surface area is 101 Å². The molecule has 1 N–H and O–H groups in total. The van der Waals surface area contributed by atoms with Crippen LogP contribution in [0.5, 0.6) is 0 Å². The molecule has 0 saturated carbocycles. The molecule has 3 aromatic rings. The van der Waals surface area contributed by atoms with Crippen LogP contribution in [0.2, 0.25) is 0 Å². The molecule has 0 aliphatic heterocycles. The van der Waals surface area contributed by atoms with Crippen molar-refractivity contribution >= 4 is 17.0 Å². The molecule has 0 aliphatic rings. The zero-order valence-corrected chi connectivity index (χ0v) is 9.50. The van der Waals surface area contributed by atoms with Gasteiger partial charge in [-0.1, -0.05) is 17.3 Å². The number of hydrogen-bond donors (Lipinski definition) is 1. The maximum Gasteiger partial charge on any atom is 0.224 e. The van der Waals surface area contributed by atoms with Crippen LogP contribution < -0.4 is 5.32 Å². The lowest BCUT2D eigenvalue weighted by Crippen LogP contribution is -2.07. The van der Waals surface area contributed by atoms with Gasteiger partial charge < -0.3 is 5.32 Å². The fraction of sp³-hybridized carbons (Fsp3) is 0.0909. The standard InChI is InChI=1S/C11H9FN6/c1-13-11-14-6-7(12)10(15-11)18-9-5-3-2-4-8(9)16-17-18/h2-6H,1H3,(H,13,14,15). The Hall–Kier alpha value is -2.57. The SMILES string of the molecule is CNc1ncc(F)c(-n2nnc3ccccc32)n1. The third kappa shape index (κ3) is 1.56. The van der Waals surface area contributed by atoms with Crippen molar-refractivity contribution < 1.29 is 4.39 Å². The summed E-state index contributed by atoms with van der Waals surface area (Å²) in [5.41, 5.74) is 1.37. The number of aromatic nitrogens is 5. The maximum absolute atomic E-state index is 13.8. The second kappa shape index (κ2) is 4.02. The molecule has 0 saturated heterocycles. The molecular weight excluding hydrogens is 235 g/mol. The summed E-state index contributed by atoms with van der Waals surface area (Å²) in [4.78, 5) is 7.84. The summed E-state index contributed by atoms with van der Waals surface area (Å²) in [5, 5.41) is 10.6. The van der Waals surface area contributed by atoms with E-state index in [1.54, 1.807) is 19.2 Å². The Morgan fingerprint density at radius 3 is 2.94 bits per heavy atom. The van der Waals surface area contributed by atoms with Crippen molar-refractivity contribution in [3.8, 4) is 5.82 Å². The fourth-order valence-corrected chi connectivity index (χ4v) is 1.65. The van der Waals surface area contributed by atoms with Crippen molar-refractivity contribution in [2.45, 2.75) is 0 Å². The molecular formula is C11H9FN6. The van der Waals surface area contributed by atoms with Gasteiger partial charge in [0.15, 0.2) is 11.6 Å². The Kier molecular flexibility index (Phi) is 2.36. The number of nitrogens with one attached hydrogen (secondary N) is 1. The van der Waals surface area contributed by atoms with Crippen molar-refractivity contribution in [2.24, 2.45) is 0 Å². The first kappa shape index (κ1) is 10.6. The highest BCUT2D eigenvalue weighted by Crippen LogP contribution is 2.17. The van der Waals surface area contributed by atoms with Gasteiger partial charge in [-0.3, -0.25) is 0 Å². The minimum atomic E-state index is -0.551. The first-order chi connectivity index (χ1) is 8.79. The fourth-order valence-electron chi connectivity index (χ4n) is 1.65. The molecule has 0 bridgehead atoms. The van der Waals surface area contributed by atoms with Gasteiger partial charge in [-0.25, -0.2) is 9.37 Å². The lowest BCUT2D eigenvalue weighted by Gasteiger charge is -2.04. The molecule has 7 heteroatoms. The van der Waals surface area contributed by atoms with Crippen LogP contribution in [0.1, 0.15) is 0 Å². The van der Waals surface area contributed by atoms with Crippen LogP contribution in [0.4, 0.5) is 10.3 Å². The van der Waals surface area contributed by atoms with Gasteiger partial charge in [-0.2, -0.15) is 9.67 Å². The smallest absolute Gasteiger partial charge is 0.224 e. The molecule has 2 aromatic heterocycles. The van der Waals surface area contributed by atoms with E-state index < -0.39 is 5.82 Å². The quantitative estimate of drug-likeness (QED) is 0.737. The maximum atomic E-state index is 13.8. The van der Waals surface area contributed by atoms with E-state index in [1.807, 2.05) is 12.1 Å². The number of benzene rings is 1. The monoisotopic (exact) mass is 244 g/mol. The highest BCUT2D eigenvalue weighted by atomic mass is 19.1. The molecule has 0 unspecified atom stereocenters. The Morgan fingerprint density at radius 2 is 2.11 bits per heavy atom. The predicted molar refractivity (Wildman–Crippen MR) is 64.0 cm³/mol. The summed E-state index contributed by atoms with van der Waals surface area (Å²) in [6.45, 7) is 0. The summed E-state index contributed by atoms with van der Waals surface area (Å²) >= 11 is 0. The van der Waals surface area contributed by atoms with Gasteiger partial charge in [0, 0.05) is 7.05 Å². The van der Waals surface area contributed by atoms with Crippen molar-refractivity contribution in [1.82, 2.24) is 25.0 Å². The highest BCUT2D eigenvalue weighted by molar-refractivity contribution is 5.75. The zero-order chi connectivity index (χ0) is 12.5. The number of rotatable bonds is 2. The van der Waals surface area contributed by atoms with Crippen molar-refractivity contribution in [3.63, 3.8) is 0 Å². The molecule has 0 aliphatic carbocycles. The lowest BCUT2D eigenvalue weighted by atomic mass is 10.3. The van der Waals surface area contributed by atoms with Gasteiger partial charge in [0.05, 0.1) is 11.7 Å². The zero-order valence-electron chi connectivity index (χ0n) is 9.50. The largest absolute Gasteiger partial charge is 0.357 e. The van der Waals surface area contributed by atoms with E-state index in [0.29, 0.717) is 17.0 Å². The van der Waals surface area contributed by atoms with Crippen LogP contribution in [-0.2, 0) is 0 Å². The van der Waals surface area contributed by atoms with E-state index in [4.69, 9.17) is 0 Å². The van der Waals surface area contributed by atoms with Gasteiger partial charge in [0.25, 0.3) is 0 Å². The molecule has 2 heterocycles. The van der Waals surface area contributed by atoms with E-state index in [-0.39, 0.29) is 5.82 Å². The van der Waals surface area contributed by atoms with E-state index in [2.05, 4.69) is 25.6 Å². The Morgan fingerprint density at radius 1 is 1.28 bits per heavy atom. The number of halogens is 1. The second-order valence-electron chi connectivity index (χ2n) is 3.61. The number of fused-ring (bicyclic) bond motifs is 1. The molecule has 90 valence electrons. The second-order valence-corrected chi connectivity index (χ2v) is 3.61. The van der Waals surface area contributed by atoms with Crippen molar-refractivity contribution in [1.29, 1.82) is 0 Å². The predicted octanol–water partition coefficient (Wildman–Crippen LogP) is 1.39. The molecule has 0 fully saturated rings. The molecule has 0 spiro atoms. The molecule has 0 atom stereocenters. The van der Waals surface area contributed by atoms with Crippen LogP contribution >= 0.6 is 0 Å². The van der Waals surface area contributed by atoms with Crippen LogP contribution in [0.25, 0.3) is 16.9 Å². The third-order valence-electron chi connectivity index (χ3n) is 2.50. The average Bonchev–Trinajstić information content (AvgIpc) is 2.83. The molecule has 18 heavy (non-hydrogen) atoms. The van der Waals surface area contributed by atoms with E-state index in [1.165, 1.54) is 4.68 Å². The van der Waals surface area contributed by atoms with Crippen LogP contribution in [-0.4, -0.2) is 32.0 Å². The number of nitrogens with zero attached hydrogens (tertiary/aromatic N) is 5. The minimum Gasteiger partial charge on any atom is -0.357 e. The first-order valence-electron chi connectivity index (χ1n) is 5.30. The van der Waals surface area contributed by atoms with Gasteiger partial charge in [0.1, 0.15) is 5.52 Å². The summed E-state index contributed by atoms with van der Waals surface area (Å²) in [5.74, 6) is -0.154. The third-order valence-corrected chi connectivity index (χ3v) is 2.50. The first-order valence-corrected chi connectivity index (χ1v) is 5.30. The van der Waals surface area contributed by atoms with Crippen LogP contribution in [0.15, 0.2) is 30.5 Å². The lowest BCUT2D eigenvalue weighted by molar-refractivity contribution is 0.592. The normalized spacial score (nSPS) is 10.8. The van der Waals surface area contributed by atoms with Crippen LogP contribution in [0.3, 0.4) is 0 Å². The van der Waals surface area contributed by atoms with Crippen molar-refractivity contribution in [2.75, 3.05) is 12.4 Å². The van der Waals surface area contributed by atoms with Gasteiger partial charge in [0.2, 0.25) is 5.95 Å². The van der Waals surface area contributed by atoms with E-state index >= 15 is 0 Å². The van der Waals surface area contributed by atoms with Gasteiger partial charge in [-0.05, 0) is 12.1 Å². The summed E-state index contributed by atoms with van der Waals surface area (Å²) in [6, 6.07) is 7.28. The number of para-hydroxylation sites is 1. The average molecular weight is 244 g/mol. The summed E-state index contributed by atoms with van der Waals surface area (Å²) in [7, 11) is 1.66. The van der Waals surface area contributed by atoms with E-state index in [9.17, 15) is 4.39 Å². The topological polar surface area (TPSA) is 68.5 Å². The van der Waals surface area contributed by atoms with Crippen LogP contribution in [0, 0.1) is 5.82 Å². The summed E-state index contributed by atoms with van der Waals surface area (Å²) in [6.07, 6.45) is 1.10. The van der Waals surface area contributed by atoms with Gasteiger partial charge in [-0.15, -0.1) is 5.10 Å². The molecule has 6 nitrogen and oxygen atoms in total. The molecule has 0 amide bonds. The highest BCUT2D eigenvalue weighted by Gasteiger charge is 2.13. The Bertz CT molecular complexity index is 708. The Balaban J connectivity index is 2.25. The van der Waals surface area contributed by atoms with Gasteiger partial charge >= 0.3 is 0 Å².